The monoisotopic (exact) mass is 182 g/mol. The maximum absolute atomic E-state index is 8.98. The highest BCUT2D eigenvalue weighted by Crippen LogP contribution is 1.95. The molecule has 0 spiro atoms. The van der Waals surface area contributed by atoms with Crippen molar-refractivity contribution < 1.29 is 14.6 Å². The lowest BCUT2D eigenvalue weighted by molar-refractivity contribution is -0.0260. The van der Waals surface area contributed by atoms with Crippen LogP contribution in [0.3, 0.4) is 0 Å². The number of rotatable bonds is 6. The Morgan fingerprint density at radius 2 is 2.09 bits per heavy atom. The minimum Gasteiger partial charge on any atom is -0.389 e. The van der Waals surface area contributed by atoms with Crippen molar-refractivity contribution in [1.82, 2.24) is 0 Å². The van der Waals surface area contributed by atoms with Gasteiger partial charge in [0.15, 0.2) is 0 Å². The van der Waals surface area contributed by atoms with E-state index in [2.05, 4.69) is 0 Å². The molecule has 0 aromatic rings. The second-order valence-corrected chi connectivity index (χ2v) is 2.72. The van der Waals surface area contributed by atoms with Crippen LogP contribution in [-0.2, 0) is 9.47 Å². The first-order valence-electron chi connectivity index (χ1n) is 3.55. The first kappa shape index (κ1) is 11.2. The Hall–Kier alpha value is 0.170. The second-order valence-electron chi connectivity index (χ2n) is 2.41. The number of hydrogen-bond donors (Lipinski definition) is 1. The number of aliphatic hydroxyl groups excluding tert-OH is 1. The SMILES string of the molecule is COC[C@H](C)OC[C@H](O)CCl. The second kappa shape index (κ2) is 6.85. The zero-order valence-corrected chi connectivity index (χ0v) is 7.67. The zero-order chi connectivity index (χ0) is 8.69. The van der Waals surface area contributed by atoms with E-state index in [1.165, 1.54) is 0 Å². The standard InChI is InChI=1S/C7H15ClO3/c1-6(4-10-2)11-5-7(9)3-8/h6-7,9H,3-5H2,1-2H3/t6-,7+/m0/s1. The van der Waals surface area contributed by atoms with Gasteiger partial charge in [0.1, 0.15) is 0 Å². The molecule has 0 amide bonds. The molecule has 0 radical (unpaired) electrons. The molecular weight excluding hydrogens is 168 g/mol. The van der Waals surface area contributed by atoms with Crippen LogP contribution in [0, 0.1) is 0 Å². The molecule has 0 aliphatic carbocycles. The molecule has 2 atom stereocenters. The van der Waals surface area contributed by atoms with Gasteiger partial charge in [-0.25, -0.2) is 0 Å². The summed E-state index contributed by atoms with van der Waals surface area (Å²) in [4.78, 5) is 0. The maximum atomic E-state index is 8.98. The van der Waals surface area contributed by atoms with Crippen molar-refractivity contribution in [2.45, 2.75) is 19.1 Å². The Labute approximate surface area is 72.3 Å². The average Bonchev–Trinajstić information content (AvgIpc) is 2.01. The van der Waals surface area contributed by atoms with Gasteiger partial charge in [0.2, 0.25) is 0 Å². The smallest absolute Gasteiger partial charge is 0.0908 e. The highest BCUT2D eigenvalue weighted by molar-refractivity contribution is 6.18. The number of methoxy groups -OCH3 is 1. The van der Waals surface area contributed by atoms with E-state index < -0.39 is 6.10 Å². The highest BCUT2D eigenvalue weighted by Gasteiger charge is 2.05. The van der Waals surface area contributed by atoms with E-state index in [-0.39, 0.29) is 18.6 Å². The summed E-state index contributed by atoms with van der Waals surface area (Å²) in [6.45, 7) is 2.69. The summed E-state index contributed by atoms with van der Waals surface area (Å²) in [7, 11) is 1.61. The van der Waals surface area contributed by atoms with Gasteiger partial charge in [-0.3, -0.25) is 0 Å². The fraction of sp³-hybridized carbons (Fsp3) is 1.00. The molecule has 0 aromatic heterocycles. The summed E-state index contributed by atoms with van der Waals surface area (Å²) in [5.41, 5.74) is 0. The molecule has 0 unspecified atom stereocenters. The van der Waals surface area contributed by atoms with Crippen molar-refractivity contribution in [3.8, 4) is 0 Å². The third-order valence-electron chi connectivity index (χ3n) is 1.15. The predicted octanol–water partition coefficient (Wildman–Crippen LogP) is 0.638. The number of halogens is 1. The van der Waals surface area contributed by atoms with Crippen LogP contribution >= 0.6 is 11.6 Å². The molecular formula is C7H15ClO3. The quantitative estimate of drug-likeness (QED) is 0.613. The molecule has 0 saturated heterocycles. The molecule has 0 heterocycles. The van der Waals surface area contributed by atoms with Gasteiger partial charge in [0, 0.05) is 7.11 Å². The Balaban J connectivity index is 3.22. The minimum absolute atomic E-state index is 0.0119. The third kappa shape index (κ3) is 6.56. The van der Waals surface area contributed by atoms with Gasteiger partial charge in [0.25, 0.3) is 0 Å². The van der Waals surface area contributed by atoms with Crippen LogP contribution < -0.4 is 0 Å². The summed E-state index contributed by atoms with van der Waals surface area (Å²) in [6.07, 6.45) is -0.561. The molecule has 4 heteroatoms. The lowest BCUT2D eigenvalue weighted by Gasteiger charge is -2.13. The van der Waals surface area contributed by atoms with Crippen LogP contribution in [0.25, 0.3) is 0 Å². The first-order chi connectivity index (χ1) is 5.20. The maximum Gasteiger partial charge on any atom is 0.0908 e. The lowest BCUT2D eigenvalue weighted by Crippen LogP contribution is -2.23. The average molecular weight is 183 g/mol. The van der Waals surface area contributed by atoms with Crippen LogP contribution in [-0.4, -0.2) is 43.5 Å². The summed E-state index contributed by atoms with van der Waals surface area (Å²) < 4.78 is 10.0. The molecule has 0 aliphatic rings. The van der Waals surface area contributed by atoms with Crippen molar-refractivity contribution in [1.29, 1.82) is 0 Å². The van der Waals surface area contributed by atoms with Crippen LogP contribution in [0.1, 0.15) is 6.92 Å². The largest absolute Gasteiger partial charge is 0.389 e. The third-order valence-corrected chi connectivity index (χ3v) is 1.51. The van der Waals surface area contributed by atoms with Crippen molar-refractivity contribution in [2.75, 3.05) is 26.2 Å². The molecule has 0 aliphatic heterocycles. The molecule has 0 fully saturated rings. The number of ether oxygens (including phenoxy) is 2. The van der Waals surface area contributed by atoms with E-state index in [1.807, 2.05) is 6.92 Å². The van der Waals surface area contributed by atoms with E-state index in [1.54, 1.807) is 7.11 Å². The summed E-state index contributed by atoms with van der Waals surface area (Å²) in [6, 6.07) is 0. The van der Waals surface area contributed by atoms with Crippen LogP contribution in [0.5, 0.6) is 0 Å². The Kier molecular flexibility index (Phi) is 6.96. The summed E-state index contributed by atoms with van der Waals surface area (Å²) in [5.74, 6) is 0.208. The van der Waals surface area contributed by atoms with Gasteiger partial charge >= 0.3 is 0 Å². The van der Waals surface area contributed by atoms with Crippen molar-refractivity contribution in [3.05, 3.63) is 0 Å². The van der Waals surface area contributed by atoms with Crippen LogP contribution in [0.4, 0.5) is 0 Å². The predicted molar refractivity (Wildman–Crippen MR) is 44.0 cm³/mol. The molecule has 0 bridgehead atoms. The van der Waals surface area contributed by atoms with Crippen molar-refractivity contribution in [3.63, 3.8) is 0 Å². The Morgan fingerprint density at radius 1 is 1.45 bits per heavy atom. The number of hydrogen-bond acceptors (Lipinski definition) is 3. The Bertz CT molecular complexity index is 89.8. The molecule has 68 valence electrons. The van der Waals surface area contributed by atoms with Gasteiger partial charge in [-0.1, -0.05) is 0 Å². The molecule has 0 saturated carbocycles. The van der Waals surface area contributed by atoms with Gasteiger partial charge in [-0.05, 0) is 6.92 Å². The lowest BCUT2D eigenvalue weighted by atomic mass is 10.4. The van der Waals surface area contributed by atoms with Crippen LogP contribution in [0.15, 0.2) is 0 Å². The molecule has 1 N–H and O–H groups in total. The van der Waals surface area contributed by atoms with Gasteiger partial charge in [-0.2, -0.15) is 0 Å². The fourth-order valence-electron chi connectivity index (χ4n) is 0.603. The molecule has 0 aromatic carbocycles. The normalized spacial score (nSPS) is 16.4. The van der Waals surface area contributed by atoms with Gasteiger partial charge in [-0.15, -0.1) is 11.6 Å². The van der Waals surface area contributed by atoms with Gasteiger partial charge in [0.05, 0.1) is 31.3 Å². The fourth-order valence-corrected chi connectivity index (χ4v) is 0.692. The zero-order valence-electron chi connectivity index (χ0n) is 6.92. The Morgan fingerprint density at radius 3 is 2.55 bits per heavy atom. The highest BCUT2D eigenvalue weighted by atomic mass is 35.5. The molecule has 11 heavy (non-hydrogen) atoms. The van der Waals surface area contributed by atoms with Crippen molar-refractivity contribution >= 4 is 11.6 Å². The first-order valence-corrected chi connectivity index (χ1v) is 4.08. The summed E-state index contributed by atoms with van der Waals surface area (Å²) >= 11 is 5.35. The van der Waals surface area contributed by atoms with E-state index in [0.29, 0.717) is 6.61 Å². The van der Waals surface area contributed by atoms with Crippen molar-refractivity contribution in [2.24, 2.45) is 0 Å². The van der Waals surface area contributed by atoms with E-state index >= 15 is 0 Å². The number of aliphatic hydroxyl groups is 1. The summed E-state index contributed by atoms with van der Waals surface area (Å²) in [5, 5.41) is 8.98. The van der Waals surface area contributed by atoms with E-state index in [4.69, 9.17) is 26.2 Å². The van der Waals surface area contributed by atoms with E-state index in [0.717, 1.165) is 0 Å². The molecule has 0 rings (SSSR count). The van der Waals surface area contributed by atoms with E-state index in [9.17, 15) is 0 Å². The number of alkyl halides is 1. The molecule has 3 nitrogen and oxygen atoms in total. The minimum atomic E-state index is -0.573. The van der Waals surface area contributed by atoms with Gasteiger partial charge < -0.3 is 14.6 Å². The van der Waals surface area contributed by atoms with Crippen LogP contribution in [0.2, 0.25) is 0 Å². The topological polar surface area (TPSA) is 38.7 Å².